The summed E-state index contributed by atoms with van der Waals surface area (Å²) in [6.45, 7) is 0.234. The van der Waals surface area contributed by atoms with E-state index in [9.17, 15) is 14.0 Å². The van der Waals surface area contributed by atoms with Gasteiger partial charge >= 0.3 is 12.0 Å². The maximum Gasteiger partial charge on any atom is 0.337 e. The minimum Gasteiger partial charge on any atom is -0.478 e. The van der Waals surface area contributed by atoms with E-state index in [0.717, 1.165) is 6.07 Å². The third kappa shape index (κ3) is 3.75. The Labute approximate surface area is 118 Å². The van der Waals surface area contributed by atoms with Gasteiger partial charge in [-0.15, -0.1) is 0 Å². The Bertz CT molecular complexity index is 644. The van der Waals surface area contributed by atoms with Crippen LogP contribution in [0.25, 0.3) is 0 Å². The van der Waals surface area contributed by atoms with Crippen LogP contribution in [0.3, 0.4) is 0 Å². The first kappa shape index (κ1) is 14.4. The molecular formula is C12H12FN5O3. The summed E-state index contributed by atoms with van der Waals surface area (Å²) >= 11 is 0. The van der Waals surface area contributed by atoms with Crippen molar-refractivity contribution < 1.29 is 19.1 Å². The predicted octanol–water partition coefficient (Wildman–Crippen LogP) is 1.01. The molecule has 0 spiro atoms. The first-order chi connectivity index (χ1) is 10.1. The molecule has 0 aliphatic carbocycles. The Hall–Kier alpha value is -2.97. The number of aromatic carboxylic acids is 1. The molecule has 0 bridgehead atoms. The van der Waals surface area contributed by atoms with Gasteiger partial charge in [0, 0.05) is 13.0 Å². The lowest BCUT2D eigenvalue weighted by molar-refractivity contribution is 0.0697. The van der Waals surface area contributed by atoms with E-state index in [1.807, 2.05) is 0 Å². The van der Waals surface area contributed by atoms with Crippen molar-refractivity contribution in [3.8, 4) is 0 Å². The SMILES string of the molecule is O=C(NCCc1ncn[nH]1)Nc1c(F)cccc1C(=O)O. The van der Waals surface area contributed by atoms with Crippen molar-refractivity contribution in [3.05, 3.63) is 41.7 Å². The molecule has 0 unspecified atom stereocenters. The van der Waals surface area contributed by atoms with E-state index in [-0.39, 0.29) is 17.8 Å². The topological polar surface area (TPSA) is 120 Å². The van der Waals surface area contributed by atoms with Gasteiger partial charge in [-0.25, -0.2) is 19.0 Å². The summed E-state index contributed by atoms with van der Waals surface area (Å²) in [5, 5.41) is 19.9. The van der Waals surface area contributed by atoms with Crippen LogP contribution in [0.4, 0.5) is 14.9 Å². The van der Waals surface area contributed by atoms with E-state index >= 15 is 0 Å². The van der Waals surface area contributed by atoms with Crippen LogP contribution in [0.2, 0.25) is 0 Å². The van der Waals surface area contributed by atoms with E-state index in [4.69, 9.17) is 5.11 Å². The lowest BCUT2D eigenvalue weighted by atomic mass is 10.1. The fraction of sp³-hybridized carbons (Fsp3) is 0.167. The molecule has 4 N–H and O–H groups in total. The minimum atomic E-state index is -1.33. The lowest BCUT2D eigenvalue weighted by Gasteiger charge is -2.10. The van der Waals surface area contributed by atoms with Gasteiger partial charge in [0.05, 0.1) is 11.3 Å². The molecule has 0 atom stereocenters. The number of H-pyrrole nitrogens is 1. The largest absolute Gasteiger partial charge is 0.478 e. The van der Waals surface area contributed by atoms with Crippen LogP contribution < -0.4 is 10.6 Å². The normalized spacial score (nSPS) is 10.1. The van der Waals surface area contributed by atoms with E-state index in [1.54, 1.807) is 0 Å². The number of rotatable bonds is 5. The maximum absolute atomic E-state index is 13.6. The zero-order chi connectivity index (χ0) is 15.2. The first-order valence-corrected chi connectivity index (χ1v) is 5.99. The number of hydrogen-bond acceptors (Lipinski definition) is 4. The summed E-state index contributed by atoms with van der Waals surface area (Å²) in [7, 11) is 0. The van der Waals surface area contributed by atoms with Gasteiger partial charge in [0.25, 0.3) is 0 Å². The molecule has 1 heterocycles. The van der Waals surface area contributed by atoms with Crippen LogP contribution in [-0.4, -0.2) is 38.8 Å². The number of amides is 2. The van der Waals surface area contributed by atoms with Crippen molar-refractivity contribution in [2.24, 2.45) is 0 Å². The summed E-state index contributed by atoms with van der Waals surface area (Å²) in [6.07, 6.45) is 1.75. The third-order valence-electron chi connectivity index (χ3n) is 2.59. The number of hydrogen-bond donors (Lipinski definition) is 4. The third-order valence-corrected chi connectivity index (χ3v) is 2.59. The highest BCUT2D eigenvalue weighted by molar-refractivity contribution is 6.00. The summed E-state index contributed by atoms with van der Waals surface area (Å²) < 4.78 is 13.6. The van der Waals surface area contributed by atoms with E-state index < -0.39 is 17.8 Å². The standard InChI is InChI=1S/C12H12FN5O3/c13-8-3-1-2-7(11(19)20)10(8)17-12(21)14-5-4-9-15-6-16-18-9/h1-3,6H,4-5H2,(H,19,20)(H2,14,17,21)(H,15,16,18). The zero-order valence-electron chi connectivity index (χ0n) is 10.8. The second-order valence-corrected chi connectivity index (χ2v) is 4.03. The van der Waals surface area contributed by atoms with Crippen molar-refractivity contribution in [1.82, 2.24) is 20.5 Å². The Balaban J connectivity index is 1.95. The van der Waals surface area contributed by atoms with Crippen LogP contribution in [0.15, 0.2) is 24.5 Å². The van der Waals surface area contributed by atoms with Gasteiger partial charge in [-0.3, -0.25) is 5.10 Å². The molecule has 0 aliphatic rings. The number of aromatic amines is 1. The van der Waals surface area contributed by atoms with Crippen LogP contribution >= 0.6 is 0 Å². The van der Waals surface area contributed by atoms with Crippen LogP contribution in [-0.2, 0) is 6.42 Å². The molecule has 0 radical (unpaired) electrons. The molecule has 0 aliphatic heterocycles. The Morgan fingerprint density at radius 1 is 1.38 bits per heavy atom. The van der Waals surface area contributed by atoms with E-state index in [1.165, 1.54) is 18.5 Å². The summed E-state index contributed by atoms with van der Waals surface area (Å²) in [5.41, 5.74) is -0.692. The fourth-order valence-corrected chi connectivity index (χ4v) is 1.63. The minimum absolute atomic E-state index is 0.234. The average molecular weight is 293 g/mol. The number of benzene rings is 1. The number of anilines is 1. The van der Waals surface area contributed by atoms with Gasteiger partial charge in [-0.05, 0) is 12.1 Å². The molecule has 0 fully saturated rings. The highest BCUT2D eigenvalue weighted by Crippen LogP contribution is 2.19. The second kappa shape index (κ2) is 6.46. The molecular weight excluding hydrogens is 281 g/mol. The Morgan fingerprint density at radius 3 is 2.86 bits per heavy atom. The van der Waals surface area contributed by atoms with Gasteiger partial charge in [-0.1, -0.05) is 6.07 Å². The molecule has 110 valence electrons. The second-order valence-electron chi connectivity index (χ2n) is 4.03. The first-order valence-electron chi connectivity index (χ1n) is 5.99. The molecule has 0 saturated carbocycles. The number of carboxylic acids is 1. The van der Waals surface area contributed by atoms with Crippen molar-refractivity contribution in [2.75, 3.05) is 11.9 Å². The highest BCUT2D eigenvalue weighted by atomic mass is 19.1. The van der Waals surface area contributed by atoms with Crippen molar-refractivity contribution >= 4 is 17.7 Å². The van der Waals surface area contributed by atoms with Gasteiger partial charge in [0.2, 0.25) is 0 Å². The molecule has 21 heavy (non-hydrogen) atoms. The number of nitrogens with one attached hydrogen (secondary N) is 3. The molecule has 2 amide bonds. The molecule has 8 nitrogen and oxygen atoms in total. The zero-order valence-corrected chi connectivity index (χ0v) is 10.8. The van der Waals surface area contributed by atoms with Crippen molar-refractivity contribution in [1.29, 1.82) is 0 Å². The number of urea groups is 1. The van der Waals surface area contributed by atoms with Gasteiger partial charge in [-0.2, -0.15) is 5.10 Å². The predicted molar refractivity (Wildman–Crippen MR) is 70.5 cm³/mol. The molecule has 1 aromatic carbocycles. The highest BCUT2D eigenvalue weighted by Gasteiger charge is 2.16. The number of aromatic nitrogens is 3. The van der Waals surface area contributed by atoms with Gasteiger partial charge in [0.15, 0.2) is 0 Å². The number of carbonyl (C=O) groups is 2. The smallest absolute Gasteiger partial charge is 0.337 e. The quantitative estimate of drug-likeness (QED) is 0.655. The molecule has 0 saturated heterocycles. The lowest BCUT2D eigenvalue weighted by Crippen LogP contribution is -2.31. The summed E-state index contributed by atoms with van der Waals surface area (Å²) in [4.78, 5) is 26.5. The van der Waals surface area contributed by atoms with Crippen molar-refractivity contribution in [3.63, 3.8) is 0 Å². The fourth-order valence-electron chi connectivity index (χ4n) is 1.63. The average Bonchev–Trinajstić information content (AvgIpc) is 2.94. The Morgan fingerprint density at radius 2 is 2.19 bits per heavy atom. The number of carbonyl (C=O) groups excluding carboxylic acids is 1. The van der Waals surface area contributed by atoms with E-state index in [2.05, 4.69) is 25.8 Å². The number of para-hydroxylation sites is 1. The number of halogens is 1. The Kier molecular flexibility index (Phi) is 4.44. The molecule has 9 heteroatoms. The maximum atomic E-state index is 13.6. The molecule has 2 aromatic rings. The van der Waals surface area contributed by atoms with Crippen molar-refractivity contribution in [2.45, 2.75) is 6.42 Å². The number of nitrogens with zero attached hydrogens (tertiary/aromatic N) is 2. The summed E-state index contributed by atoms with van der Waals surface area (Å²) in [6, 6.07) is 2.82. The number of carboxylic acid groups (broad SMARTS) is 1. The van der Waals surface area contributed by atoms with Gasteiger partial charge in [0.1, 0.15) is 18.0 Å². The van der Waals surface area contributed by atoms with Crippen LogP contribution in [0, 0.1) is 5.82 Å². The molecule has 1 aromatic heterocycles. The summed E-state index contributed by atoms with van der Waals surface area (Å²) in [5.74, 6) is -1.56. The van der Waals surface area contributed by atoms with Crippen LogP contribution in [0.1, 0.15) is 16.2 Å². The van der Waals surface area contributed by atoms with Gasteiger partial charge < -0.3 is 15.7 Å². The monoisotopic (exact) mass is 293 g/mol. The van der Waals surface area contributed by atoms with Crippen LogP contribution in [0.5, 0.6) is 0 Å². The van der Waals surface area contributed by atoms with E-state index in [0.29, 0.717) is 12.2 Å². The molecule has 2 rings (SSSR count).